The van der Waals surface area contributed by atoms with Crippen LogP contribution in [-0.2, 0) is 25.5 Å². The number of aliphatic carboxylic acids is 1. The van der Waals surface area contributed by atoms with Crippen molar-refractivity contribution < 1.29 is 28.9 Å². The summed E-state index contributed by atoms with van der Waals surface area (Å²) in [5.74, 6) is -0.885. The minimum Gasteiger partial charge on any atom is -0.497 e. The van der Waals surface area contributed by atoms with Gasteiger partial charge in [-0.2, -0.15) is 0 Å². The van der Waals surface area contributed by atoms with Gasteiger partial charge in [-0.15, -0.1) is 0 Å². The van der Waals surface area contributed by atoms with Gasteiger partial charge in [0.2, 0.25) is 5.91 Å². The van der Waals surface area contributed by atoms with Gasteiger partial charge in [-0.3, -0.25) is 4.79 Å². The van der Waals surface area contributed by atoms with Crippen molar-refractivity contribution in [2.45, 2.75) is 12.5 Å². The van der Waals surface area contributed by atoms with Crippen molar-refractivity contribution in [3.8, 4) is 5.75 Å². The van der Waals surface area contributed by atoms with Crippen LogP contribution >= 0.6 is 0 Å². The quantitative estimate of drug-likeness (QED) is 0.610. The van der Waals surface area contributed by atoms with Crippen LogP contribution in [0.3, 0.4) is 0 Å². The lowest BCUT2D eigenvalue weighted by molar-refractivity contribution is -0.142. The fourth-order valence-corrected chi connectivity index (χ4v) is 1.74. The highest BCUT2D eigenvalue weighted by atomic mass is 16.5. The van der Waals surface area contributed by atoms with Crippen molar-refractivity contribution in [2.75, 3.05) is 34.0 Å². The highest BCUT2D eigenvalue weighted by Crippen LogP contribution is 2.12. The maximum absolute atomic E-state index is 11.7. The molecule has 0 aliphatic heterocycles. The molecule has 0 aliphatic rings. The zero-order valence-corrected chi connectivity index (χ0v) is 12.7. The first-order chi connectivity index (χ1) is 10.6. The van der Waals surface area contributed by atoms with Crippen LogP contribution in [0.2, 0.25) is 0 Å². The molecular formula is C15H21NO6. The van der Waals surface area contributed by atoms with E-state index in [9.17, 15) is 14.7 Å². The minimum absolute atomic E-state index is 0.184. The first kappa shape index (κ1) is 17.9. The molecule has 1 aromatic carbocycles. The Morgan fingerprint density at radius 1 is 1.18 bits per heavy atom. The molecular weight excluding hydrogens is 290 g/mol. The van der Waals surface area contributed by atoms with Gasteiger partial charge >= 0.3 is 5.97 Å². The van der Waals surface area contributed by atoms with Crippen molar-refractivity contribution in [3.05, 3.63) is 29.8 Å². The summed E-state index contributed by atoms with van der Waals surface area (Å²) in [5, 5.41) is 11.6. The van der Waals surface area contributed by atoms with Crippen LogP contribution in [0.4, 0.5) is 0 Å². The summed E-state index contributed by atoms with van der Waals surface area (Å²) in [5.41, 5.74) is 0.786. The first-order valence-electron chi connectivity index (χ1n) is 6.78. The van der Waals surface area contributed by atoms with E-state index in [2.05, 4.69) is 5.32 Å². The Bertz CT molecular complexity index is 473. The number of carbonyl (C=O) groups excluding carboxylic acids is 1. The van der Waals surface area contributed by atoms with Gasteiger partial charge in [-0.25, -0.2) is 4.79 Å². The number of amides is 1. The maximum atomic E-state index is 11.7. The summed E-state index contributed by atoms with van der Waals surface area (Å²) in [6.45, 7) is 0.456. The highest BCUT2D eigenvalue weighted by Gasteiger charge is 2.20. The molecule has 122 valence electrons. The predicted octanol–water partition coefficient (Wildman–Crippen LogP) is 0.470. The van der Waals surface area contributed by atoms with Crippen LogP contribution < -0.4 is 10.1 Å². The predicted molar refractivity (Wildman–Crippen MR) is 79.0 cm³/mol. The molecule has 0 fully saturated rings. The molecule has 0 spiro atoms. The Hall–Kier alpha value is -2.12. The Balaban J connectivity index is 2.50. The highest BCUT2D eigenvalue weighted by molar-refractivity contribution is 5.84. The number of hydrogen-bond acceptors (Lipinski definition) is 5. The average Bonchev–Trinajstić information content (AvgIpc) is 2.51. The van der Waals surface area contributed by atoms with Gasteiger partial charge in [0.25, 0.3) is 0 Å². The first-order valence-corrected chi connectivity index (χ1v) is 6.78. The molecule has 0 saturated heterocycles. The van der Waals surface area contributed by atoms with Crippen LogP contribution in [0, 0.1) is 0 Å². The summed E-state index contributed by atoms with van der Waals surface area (Å²) in [4.78, 5) is 22.9. The molecule has 2 N–H and O–H groups in total. The van der Waals surface area contributed by atoms with Gasteiger partial charge in [-0.05, 0) is 17.7 Å². The summed E-state index contributed by atoms with van der Waals surface area (Å²) in [6, 6.07) is 5.99. The zero-order valence-electron chi connectivity index (χ0n) is 12.7. The summed E-state index contributed by atoms with van der Waals surface area (Å²) in [7, 11) is 3.08. The van der Waals surface area contributed by atoms with Crippen molar-refractivity contribution in [1.82, 2.24) is 5.32 Å². The number of carbonyl (C=O) groups is 2. The van der Waals surface area contributed by atoms with Crippen LogP contribution in [0.25, 0.3) is 0 Å². The lowest BCUT2D eigenvalue weighted by atomic mass is 10.1. The third-order valence-electron chi connectivity index (χ3n) is 2.90. The topological polar surface area (TPSA) is 94.1 Å². The fourth-order valence-electron chi connectivity index (χ4n) is 1.74. The molecule has 0 unspecified atom stereocenters. The number of hydrogen-bond donors (Lipinski definition) is 2. The van der Waals surface area contributed by atoms with Gasteiger partial charge in [-0.1, -0.05) is 12.1 Å². The number of carboxylic acids is 1. The Morgan fingerprint density at radius 3 is 2.41 bits per heavy atom. The molecule has 7 heteroatoms. The van der Waals surface area contributed by atoms with E-state index in [1.54, 1.807) is 31.4 Å². The lowest BCUT2D eigenvalue weighted by Gasteiger charge is -2.15. The Labute approximate surface area is 129 Å². The van der Waals surface area contributed by atoms with E-state index in [0.29, 0.717) is 12.4 Å². The Morgan fingerprint density at radius 2 is 1.86 bits per heavy atom. The second-order valence-corrected chi connectivity index (χ2v) is 4.56. The van der Waals surface area contributed by atoms with E-state index < -0.39 is 17.9 Å². The van der Waals surface area contributed by atoms with Crippen LogP contribution in [0.15, 0.2) is 24.3 Å². The van der Waals surface area contributed by atoms with Crippen molar-refractivity contribution in [2.24, 2.45) is 0 Å². The van der Waals surface area contributed by atoms with Crippen molar-refractivity contribution >= 4 is 11.9 Å². The molecule has 1 atom stereocenters. The van der Waals surface area contributed by atoms with Gasteiger partial charge in [0.05, 0.1) is 20.3 Å². The van der Waals surface area contributed by atoms with Crippen molar-refractivity contribution in [3.63, 3.8) is 0 Å². The van der Waals surface area contributed by atoms with E-state index in [4.69, 9.17) is 14.2 Å². The molecule has 1 amide bonds. The van der Waals surface area contributed by atoms with Crippen molar-refractivity contribution in [1.29, 1.82) is 0 Å². The Kier molecular flexibility index (Phi) is 7.95. The zero-order chi connectivity index (χ0) is 16.4. The number of benzene rings is 1. The summed E-state index contributed by atoms with van der Waals surface area (Å²) >= 11 is 0. The molecule has 0 heterocycles. The average molecular weight is 311 g/mol. The van der Waals surface area contributed by atoms with Crippen LogP contribution in [0.1, 0.15) is 5.56 Å². The molecule has 0 aromatic heterocycles. The summed E-state index contributed by atoms with van der Waals surface area (Å²) < 4.78 is 14.9. The molecule has 1 rings (SSSR count). The second kappa shape index (κ2) is 9.75. The molecule has 22 heavy (non-hydrogen) atoms. The molecule has 0 aliphatic carbocycles. The van der Waals surface area contributed by atoms with E-state index in [0.717, 1.165) is 5.56 Å². The fraction of sp³-hybridized carbons (Fsp3) is 0.467. The smallest absolute Gasteiger partial charge is 0.326 e. The molecule has 0 saturated carbocycles. The number of ether oxygens (including phenoxy) is 3. The third kappa shape index (κ3) is 6.55. The number of methoxy groups -OCH3 is 2. The van der Waals surface area contributed by atoms with E-state index >= 15 is 0 Å². The van der Waals surface area contributed by atoms with Gasteiger partial charge in [0.15, 0.2) is 0 Å². The monoisotopic (exact) mass is 311 g/mol. The second-order valence-electron chi connectivity index (χ2n) is 4.56. The largest absolute Gasteiger partial charge is 0.497 e. The molecule has 0 bridgehead atoms. The summed E-state index contributed by atoms with van der Waals surface area (Å²) in [6.07, 6.45) is 0.184. The third-order valence-corrected chi connectivity index (χ3v) is 2.90. The van der Waals surface area contributed by atoms with Gasteiger partial charge < -0.3 is 24.6 Å². The van der Waals surface area contributed by atoms with E-state index in [-0.39, 0.29) is 19.6 Å². The number of carboxylic acid groups (broad SMARTS) is 1. The SMILES string of the molecule is COCCOCC(=O)N[C@H](Cc1ccc(OC)cc1)C(=O)O. The molecule has 7 nitrogen and oxygen atoms in total. The van der Waals surface area contributed by atoms with Crippen LogP contribution in [-0.4, -0.2) is 57.1 Å². The standard InChI is InChI=1S/C15H21NO6/c1-20-7-8-22-10-14(17)16-13(15(18)19)9-11-3-5-12(21-2)6-4-11/h3-6,13H,7-10H2,1-2H3,(H,16,17)(H,18,19)/t13-/m1/s1. The molecule has 1 aromatic rings. The normalized spacial score (nSPS) is 11.7. The maximum Gasteiger partial charge on any atom is 0.326 e. The minimum atomic E-state index is -1.10. The molecule has 0 radical (unpaired) electrons. The van der Waals surface area contributed by atoms with Crippen LogP contribution in [0.5, 0.6) is 5.75 Å². The van der Waals surface area contributed by atoms with E-state index in [1.165, 1.54) is 7.11 Å². The van der Waals surface area contributed by atoms with E-state index in [1.807, 2.05) is 0 Å². The van der Waals surface area contributed by atoms with Gasteiger partial charge in [0.1, 0.15) is 18.4 Å². The number of nitrogens with one attached hydrogen (secondary N) is 1. The van der Waals surface area contributed by atoms with Gasteiger partial charge in [0, 0.05) is 13.5 Å². The lowest BCUT2D eigenvalue weighted by Crippen LogP contribution is -2.44. The number of rotatable bonds is 10.